The van der Waals surface area contributed by atoms with Crippen molar-refractivity contribution in [3.8, 4) is 0 Å². The number of oxime groups is 1. The summed E-state index contributed by atoms with van der Waals surface area (Å²) < 4.78 is 12.6. The van der Waals surface area contributed by atoms with E-state index >= 15 is 0 Å². The Balaban J connectivity index is 2.44. The molecule has 1 atom stereocenters. The van der Waals surface area contributed by atoms with Crippen LogP contribution in [0.25, 0.3) is 0 Å². The van der Waals surface area contributed by atoms with E-state index in [2.05, 4.69) is 15.8 Å². The van der Waals surface area contributed by atoms with Gasteiger partial charge in [-0.05, 0) is 31.2 Å². The summed E-state index contributed by atoms with van der Waals surface area (Å²) in [4.78, 5) is 11.5. The number of nitrogens with zero attached hydrogens (tertiary/aromatic N) is 1. The van der Waals surface area contributed by atoms with E-state index in [4.69, 9.17) is 10.9 Å². The minimum absolute atomic E-state index is 0.0320. The Morgan fingerprint density at radius 1 is 1.50 bits per heavy atom. The Bertz CT molecular complexity index is 433. The lowest BCUT2D eigenvalue weighted by Crippen LogP contribution is -2.38. The summed E-state index contributed by atoms with van der Waals surface area (Å²) in [6, 6.07) is 4.65. The van der Waals surface area contributed by atoms with Gasteiger partial charge in [-0.25, -0.2) is 9.18 Å². The SMILES string of the molecule is CC(CC(N)=NO)NC(=O)Nc1ccc(F)cc1. The standard InChI is InChI=1S/C11H15FN4O2/c1-7(6-10(13)16-18)14-11(17)15-9-4-2-8(12)3-5-9/h2-5,7,18H,6H2,1H3,(H2,13,16)(H2,14,15,17). The highest BCUT2D eigenvalue weighted by Gasteiger charge is 2.09. The third-order valence-electron chi connectivity index (χ3n) is 2.12. The number of carbonyl (C=O) groups excluding carboxylic acids is 1. The number of hydrogen-bond acceptors (Lipinski definition) is 3. The zero-order valence-corrected chi connectivity index (χ0v) is 9.85. The van der Waals surface area contributed by atoms with Crippen molar-refractivity contribution in [1.82, 2.24) is 5.32 Å². The van der Waals surface area contributed by atoms with Gasteiger partial charge in [-0.3, -0.25) is 0 Å². The van der Waals surface area contributed by atoms with Gasteiger partial charge in [0.05, 0.1) is 0 Å². The van der Waals surface area contributed by atoms with Crippen molar-refractivity contribution in [1.29, 1.82) is 0 Å². The van der Waals surface area contributed by atoms with Crippen molar-refractivity contribution < 1.29 is 14.4 Å². The van der Waals surface area contributed by atoms with E-state index in [1.54, 1.807) is 6.92 Å². The van der Waals surface area contributed by atoms with Crippen molar-refractivity contribution in [2.75, 3.05) is 5.32 Å². The van der Waals surface area contributed by atoms with Gasteiger partial charge in [-0.1, -0.05) is 5.16 Å². The fourth-order valence-corrected chi connectivity index (χ4v) is 1.33. The van der Waals surface area contributed by atoms with E-state index < -0.39 is 6.03 Å². The van der Waals surface area contributed by atoms with Gasteiger partial charge in [0, 0.05) is 18.2 Å². The molecule has 0 bridgehead atoms. The maximum atomic E-state index is 12.6. The molecule has 7 heteroatoms. The van der Waals surface area contributed by atoms with Crippen LogP contribution in [-0.4, -0.2) is 23.1 Å². The van der Waals surface area contributed by atoms with Gasteiger partial charge in [-0.2, -0.15) is 0 Å². The van der Waals surface area contributed by atoms with Crippen molar-refractivity contribution in [2.45, 2.75) is 19.4 Å². The molecule has 98 valence electrons. The fraction of sp³-hybridized carbons (Fsp3) is 0.273. The number of benzene rings is 1. The molecule has 1 aromatic carbocycles. The average Bonchev–Trinajstić information content (AvgIpc) is 2.31. The van der Waals surface area contributed by atoms with Crippen LogP contribution in [0.3, 0.4) is 0 Å². The van der Waals surface area contributed by atoms with E-state index in [-0.39, 0.29) is 24.1 Å². The molecule has 2 amide bonds. The van der Waals surface area contributed by atoms with E-state index in [1.165, 1.54) is 24.3 Å². The molecule has 0 spiro atoms. The van der Waals surface area contributed by atoms with E-state index in [0.29, 0.717) is 5.69 Å². The number of nitrogens with one attached hydrogen (secondary N) is 2. The second-order valence-corrected chi connectivity index (χ2v) is 3.80. The largest absolute Gasteiger partial charge is 0.409 e. The third-order valence-corrected chi connectivity index (χ3v) is 2.12. The minimum Gasteiger partial charge on any atom is -0.409 e. The quantitative estimate of drug-likeness (QED) is 0.283. The van der Waals surface area contributed by atoms with E-state index in [9.17, 15) is 9.18 Å². The summed E-state index contributed by atoms with van der Waals surface area (Å²) in [5, 5.41) is 16.3. The van der Waals surface area contributed by atoms with Gasteiger partial charge in [0.15, 0.2) is 0 Å². The Morgan fingerprint density at radius 2 is 2.11 bits per heavy atom. The summed E-state index contributed by atoms with van der Waals surface area (Å²) in [7, 11) is 0. The van der Waals surface area contributed by atoms with Gasteiger partial charge in [0.1, 0.15) is 11.7 Å². The van der Waals surface area contributed by atoms with Crippen LogP contribution < -0.4 is 16.4 Å². The van der Waals surface area contributed by atoms with Crippen molar-refractivity contribution >= 4 is 17.6 Å². The number of nitrogens with two attached hydrogens (primary N) is 1. The van der Waals surface area contributed by atoms with Crippen molar-refractivity contribution in [2.24, 2.45) is 10.9 Å². The monoisotopic (exact) mass is 254 g/mol. The fourth-order valence-electron chi connectivity index (χ4n) is 1.33. The van der Waals surface area contributed by atoms with Gasteiger partial charge < -0.3 is 21.6 Å². The third kappa shape index (κ3) is 4.69. The number of anilines is 1. The van der Waals surface area contributed by atoms with Crippen LogP contribution in [0.15, 0.2) is 29.4 Å². The first-order valence-corrected chi connectivity index (χ1v) is 5.30. The Labute approximate surface area is 104 Å². The van der Waals surface area contributed by atoms with E-state index in [0.717, 1.165) is 0 Å². The number of urea groups is 1. The molecule has 0 saturated heterocycles. The van der Waals surface area contributed by atoms with Gasteiger partial charge >= 0.3 is 6.03 Å². The highest BCUT2D eigenvalue weighted by atomic mass is 19.1. The predicted octanol–water partition coefficient (Wildman–Crippen LogP) is 1.47. The first-order valence-electron chi connectivity index (χ1n) is 5.30. The predicted molar refractivity (Wildman–Crippen MR) is 66.0 cm³/mol. The smallest absolute Gasteiger partial charge is 0.319 e. The Hall–Kier alpha value is -2.31. The lowest BCUT2D eigenvalue weighted by Gasteiger charge is -2.13. The van der Waals surface area contributed by atoms with Crippen LogP contribution in [0, 0.1) is 5.82 Å². The molecule has 1 unspecified atom stereocenters. The van der Waals surface area contributed by atoms with Crippen molar-refractivity contribution in [3.63, 3.8) is 0 Å². The molecule has 18 heavy (non-hydrogen) atoms. The van der Waals surface area contributed by atoms with E-state index in [1.807, 2.05) is 0 Å². The molecule has 0 radical (unpaired) electrons. The summed E-state index contributed by atoms with van der Waals surface area (Å²) in [6.07, 6.45) is 0.230. The number of rotatable bonds is 4. The van der Waals surface area contributed by atoms with Crippen LogP contribution in [0.1, 0.15) is 13.3 Å². The summed E-state index contributed by atoms with van der Waals surface area (Å²) in [6.45, 7) is 1.71. The molecule has 6 nitrogen and oxygen atoms in total. The number of amidine groups is 1. The molecule has 1 rings (SSSR count). The molecule has 0 aromatic heterocycles. The molecular weight excluding hydrogens is 239 g/mol. The van der Waals surface area contributed by atoms with Crippen LogP contribution >= 0.6 is 0 Å². The first-order chi connectivity index (χ1) is 8.51. The molecule has 0 saturated carbocycles. The lowest BCUT2D eigenvalue weighted by atomic mass is 10.2. The zero-order valence-electron chi connectivity index (χ0n) is 9.85. The molecule has 0 aliphatic rings. The first kappa shape index (κ1) is 13.8. The normalized spacial score (nSPS) is 12.9. The highest BCUT2D eigenvalue weighted by Crippen LogP contribution is 2.07. The molecule has 1 aromatic rings. The number of amides is 2. The Morgan fingerprint density at radius 3 is 2.67 bits per heavy atom. The maximum Gasteiger partial charge on any atom is 0.319 e. The molecule has 0 aliphatic heterocycles. The average molecular weight is 254 g/mol. The topological polar surface area (TPSA) is 99.7 Å². The van der Waals surface area contributed by atoms with Gasteiger partial charge in [0.2, 0.25) is 0 Å². The van der Waals surface area contributed by atoms with Gasteiger partial charge in [0.25, 0.3) is 0 Å². The highest BCUT2D eigenvalue weighted by molar-refractivity contribution is 5.90. The summed E-state index contributed by atoms with van der Waals surface area (Å²) in [5.41, 5.74) is 5.78. The second-order valence-electron chi connectivity index (χ2n) is 3.80. The molecule has 0 heterocycles. The number of hydrogen-bond donors (Lipinski definition) is 4. The maximum absolute atomic E-state index is 12.6. The van der Waals surface area contributed by atoms with Gasteiger partial charge in [-0.15, -0.1) is 0 Å². The second kappa shape index (κ2) is 6.43. The molecule has 5 N–H and O–H groups in total. The van der Waals surface area contributed by atoms with Crippen LogP contribution in [0.2, 0.25) is 0 Å². The number of carbonyl (C=O) groups is 1. The van der Waals surface area contributed by atoms with Crippen LogP contribution in [-0.2, 0) is 0 Å². The Kier molecular flexibility index (Phi) is 4.91. The van der Waals surface area contributed by atoms with Crippen LogP contribution in [0.4, 0.5) is 14.9 Å². The van der Waals surface area contributed by atoms with Crippen LogP contribution in [0.5, 0.6) is 0 Å². The summed E-state index contributed by atoms with van der Waals surface area (Å²) in [5.74, 6) is -0.342. The minimum atomic E-state index is -0.445. The molecule has 0 aliphatic carbocycles. The summed E-state index contributed by atoms with van der Waals surface area (Å²) >= 11 is 0. The van der Waals surface area contributed by atoms with Crippen molar-refractivity contribution in [3.05, 3.63) is 30.1 Å². The zero-order chi connectivity index (χ0) is 13.5. The number of halogens is 1. The lowest BCUT2D eigenvalue weighted by molar-refractivity contribution is 0.249. The molecular formula is C11H15FN4O2. The molecule has 0 fully saturated rings.